The summed E-state index contributed by atoms with van der Waals surface area (Å²) >= 11 is 0. The molecule has 0 atom stereocenters. The summed E-state index contributed by atoms with van der Waals surface area (Å²) in [5.41, 5.74) is 2.29. The van der Waals surface area contributed by atoms with Crippen LogP contribution in [-0.4, -0.2) is 17.4 Å². The standard InChI is InChI=1S/C12H15N3/c1-12(2,3)9-4-5-10(15-8-9)11-13-6-7-14-11/h4-8,11H,1-3H3. The Morgan fingerprint density at radius 3 is 2.20 bits per heavy atom. The van der Waals surface area contributed by atoms with Crippen molar-refractivity contribution >= 4 is 12.4 Å². The van der Waals surface area contributed by atoms with E-state index in [9.17, 15) is 0 Å². The van der Waals surface area contributed by atoms with Crippen LogP contribution in [0.25, 0.3) is 0 Å². The molecule has 0 unspecified atom stereocenters. The number of nitrogens with zero attached hydrogens (tertiary/aromatic N) is 3. The molecular weight excluding hydrogens is 186 g/mol. The van der Waals surface area contributed by atoms with Gasteiger partial charge in [0.2, 0.25) is 0 Å². The highest BCUT2D eigenvalue weighted by atomic mass is 15.1. The maximum Gasteiger partial charge on any atom is 0.181 e. The summed E-state index contributed by atoms with van der Waals surface area (Å²) in [7, 11) is 0. The third-order valence-corrected chi connectivity index (χ3v) is 2.44. The molecule has 78 valence electrons. The highest BCUT2D eigenvalue weighted by Crippen LogP contribution is 2.24. The van der Waals surface area contributed by atoms with E-state index in [1.165, 1.54) is 5.56 Å². The lowest BCUT2D eigenvalue weighted by Gasteiger charge is -2.18. The van der Waals surface area contributed by atoms with Gasteiger partial charge in [-0.25, -0.2) is 0 Å². The molecule has 2 rings (SSSR count). The highest BCUT2D eigenvalue weighted by Gasteiger charge is 2.16. The molecule has 0 saturated heterocycles. The van der Waals surface area contributed by atoms with Crippen LogP contribution in [0, 0.1) is 0 Å². The monoisotopic (exact) mass is 201 g/mol. The van der Waals surface area contributed by atoms with Crippen LogP contribution in [0.3, 0.4) is 0 Å². The summed E-state index contributed by atoms with van der Waals surface area (Å²) in [4.78, 5) is 12.8. The van der Waals surface area contributed by atoms with Gasteiger partial charge in [-0.15, -0.1) is 0 Å². The van der Waals surface area contributed by atoms with E-state index < -0.39 is 0 Å². The predicted octanol–water partition coefficient (Wildman–Crippen LogP) is 2.53. The van der Waals surface area contributed by atoms with Crippen molar-refractivity contribution in [3.8, 4) is 0 Å². The van der Waals surface area contributed by atoms with Gasteiger partial charge < -0.3 is 0 Å². The summed E-state index contributed by atoms with van der Waals surface area (Å²) in [6.07, 6.45) is 5.21. The first kappa shape index (κ1) is 10.0. The molecule has 3 nitrogen and oxygen atoms in total. The predicted molar refractivity (Wildman–Crippen MR) is 62.7 cm³/mol. The molecule has 0 fully saturated rings. The molecule has 15 heavy (non-hydrogen) atoms. The highest BCUT2D eigenvalue weighted by molar-refractivity contribution is 6.17. The Morgan fingerprint density at radius 1 is 1.07 bits per heavy atom. The number of rotatable bonds is 1. The van der Waals surface area contributed by atoms with Crippen molar-refractivity contribution in [2.24, 2.45) is 9.98 Å². The van der Waals surface area contributed by atoms with Crippen LogP contribution in [0.15, 0.2) is 28.3 Å². The van der Waals surface area contributed by atoms with Crippen molar-refractivity contribution in [2.75, 3.05) is 0 Å². The van der Waals surface area contributed by atoms with E-state index >= 15 is 0 Å². The Morgan fingerprint density at radius 2 is 1.73 bits per heavy atom. The van der Waals surface area contributed by atoms with Crippen molar-refractivity contribution in [1.29, 1.82) is 0 Å². The van der Waals surface area contributed by atoms with E-state index in [0.717, 1.165) is 5.69 Å². The normalized spacial score (nSPS) is 16.2. The van der Waals surface area contributed by atoms with Crippen LogP contribution in [0.1, 0.15) is 38.2 Å². The summed E-state index contributed by atoms with van der Waals surface area (Å²) in [5, 5.41) is 0. The molecule has 1 aliphatic rings. The Kier molecular flexibility index (Phi) is 2.39. The molecule has 0 amide bonds. The fraction of sp³-hybridized carbons (Fsp3) is 0.417. The molecule has 1 aromatic heterocycles. The summed E-state index contributed by atoms with van der Waals surface area (Å²) in [5.74, 6) is 0. The minimum absolute atomic E-state index is 0.126. The molecule has 0 aromatic carbocycles. The number of hydrogen-bond donors (Lipinski definition) is 0. The lowest BCUT2D eigenvalue weighted by atomic mass is 9.88. The summed E-state index contributed by atoms with van der Waals surface area (Å²) in [6.45, 7) is 6.53. The van der Waals surface area contributed by atoms with Gasteiger partial charge in [0.15, 0.2) is 6.17 Å². The number of pyridine rings is 1. The first-order valence-electron chi connectivity index (χ1n) is 5.09. The minimum atomic E-state index is -0.126. The van der Waals surface area contributed by atoms with Crippen LogP contribution in [0.4, 0.5) is 0 Å². The van der Waals surface area contributed by atoms with Gasteiger partial charge in [-0.3, -0.25) is 15.0 Å². The molecule has 0 N–H and O–H groups in total. The molecule has 2 heterocycles. The SMILES string of the molecule is CC(C)(C)c1ccc(C2N=CC=N2)nc1. The Balaban J connectivity index is 2.24. The number of aliphatic imine (C=N–C) groups is 2. The van der Waals surface area contributed by atoms with Gasteiger partial charge in [0, 0.05) is 18.6 Å². The minimum Gasteiger partial charge on any atom is -0.259 e. The zero-order valence-electron chi connectivity index (χ0n) is 9.31. The lowest BCUT2D eigenvalue weighted by molar-refractivity contribution is 0.585. The Hall–Kier alpha value is -1.51. The summed E-state index contributed by atoms with van der Waals surface area (Å²) in [6, 6.07) is 4.11. The second-order valence-corrected chi connectivity index (χ2v) is 4.69. The van der Waals surface area contributed by atoms with Crippen molar-refractivity contribution in [1.82, 2.24) is 4.98 Å². The largest absolute Gasteiger partial charge is 0.259 e. The third-order valence-electron chi connectivity index (χ3n) is 2.44. The molecule has 3 heteroatoms. The smallest absolute Gasteiger partial charge is 0.181 e. The van der Waals surface area contributed by atoms with Crippen LogP contribution >= 0.6 is 0 Å². The van der Waals surface area contributed by atoms with E-state index in [-0.39, 0.29) is 11.6 Å². The van der Waals surface area contributed by atoms with Gasteiger partial charge in [-0.2, -0.15) is 0 Å². The molecule has 0 saturated carbocycles. The molecule has 0 spiro atoms. The fourth-order valence-corrected chi connectivity index (χ4v) is 1.43. The van der Waals surface area contributed by atoms with E-state index in [1.807, 2.05) is 12.3 Å². The van der Waals surface area contributed by atoms with Crippen LogP contribution in [0.2, 0.25) is 0 Å². The maximum atomic E-state index is 4.40. The zero-order chi connectivity index (χ0) is 10.9. The molecule has 0 radical (unpaired) electrons. The topological polar surface area (TPSA) is 37.6 Å². The Labute approximate surface area is 90.0 Å². The third kappa shape index (κ3) is 2.12. The first-order valence-corrected chi connectivity index (χ1v) is 5.09. The maximum absolute atomic E-state index is 4.40. The molecule has 0 aliphatic carbocycles. The number of aromatic nitrogens is 1. The summed E-state index contributed by atoms with van der Waals surface area (Å²) < 4.78 is 0. The van der Waals surface area contributed by atoms with Gasteiger partial charge in [0.25, 0.3) is 0 Å². The van der Waals surface area contributed by atoms with E-state index in [0.29, 0.717) is 0 Å². The van der Waals surface area contributed by atoms with Crippen molar-refractivity contribution in [2.45, 2.75) is 32.4 Å². The fourth-order valence-electron chi connectivity index (χ4n) is 1.43. The average molecular weight is 201 g/mol. The van der Waals surface area contributed by atoms with Gasteiger partial charge in [0.1, 0.15) is 0 Å². The van der Waals surface area contributed by atoms with Crippen molar-refractivity contribution in [3.05, 3.63) is 29.6 Å². The molecule has 1 aliphatic heterocycles. The Bertz CT molecular complexity index is 384. The first-order chi connectivity index (χ1) is 7.07. The van der Waals surface area contributed by atoms with Crippen LogP contribution < -0.4 is 0 Å². The van der Waals surface area contributed by atoms with E-state index in [4.69, 9.17) is 0 Å². The average Bonchev–Trinajstić information content (AvgIpc) is 2.69. The number of hydrogen-bond acceptors (Lipinski definition) is 3. The van der Waals surface area contributed by atoms with Crippen molar-refractivity contribution < 1.29 is 0 Å². The van der Waals surface area contributed by atoms with Crippen molar-refractivity contribution in [3.63, 3.8) is 0 Å². The van der Waals surface area contributed by atoms with Gasteiger partial charge in [-0.1, -0.05) is 26.8 Å². The van der Waals surface area contributed by atoms with E-state index in [2.05, 4.69) is 41.8 Å². The molecular formula is C12H15N3. The van der Waals surface area contributed by atoms with Gasteiger partial charge in [0.05, 0.1) is 5.69 Å². The van der Waals surface area contributed by atoms with Gasteiger partial charge >= 0.3 is 0 Å². The second-order valence-electron chi connectivity index (χ2n) is 4.69. The lowest BCUT2D eigenvalue weighted by Crippen LogP contribution is -2.11. The van der Waals surface area contributed by atoms with Crippen LogP contribution in [-0.2, 0) is 5.41 Å². The second kappa shape index (κ2) is 3.57. The molecule has 0 bridgehead atoms. The quantitative estimate of drug-likeness (QED) is 0.688. The van der Waals surface area contributed by atoms with Gasteiger partial charge in [-0.05, 0) is 17.0 Å². The molecule has 1 aromatic rings. The van der Waals surface area contributed by atoms with E-state index in [1.54, 1.807) is 12.4 Å². The zero-order valence-corrected chi connectivity index (χ0v) is 9.31. The van der Waals surface area contributed by atoms with Crippen LogP contribution in [0.5, 0.6) is 0 Å².